The monoisotopic (exact) mass is 444 g/mol. The lowest BCUT2D eigenvalue weighted by molar-refractivity contribution is 0.102. The predicted molar refractivity (Wildman–Crippen MR) is 104 cm³/mol. The van der Waals surface area contributed by atoms with Gasteiger partial charge in [0, 0.05) is 21.3 Å². The molecule has 0 saturated carbocycles. The molecule has 0 aliphatic rings. The minimum atomic E-state index is -3.85. The van der Waals surface area contributed by atoms with Crippen LogP contribution in [0.25, 0.3) is 0 Å². The Kier molecular flexibility index (Phi) is 5.93. The maximum absolute atomic E-state index is 12.5. The van der Waals surface area contributed by atoms with E-state index in [1.54, 1.807) is 39.0 Å². The Morgan fingerprint density at radius 3 is 2.40 bits per heavy atom. The van der Waals surface area contributed by atoms with Gasteiger partial charge >= 0.3 is 0 Å². The average Bonchev–Trinajstić information content (AvgIpc) is 2.44. The summed E-state index contributed by atoms with van der Waals surface area (Å²) in [4.78, 5) is 12.3. The Labute approximate surface area is 161 Å². The summed E-state index contributed by atoms with van der Waals surface area (Å²) in [6, 6.07) is 11.2. The molecule has 134 valence electrons. The molecule has 5 nitrogen and oxygen atoms in total. The molecule has 2 N–H and O–H groups in total. The molecule has 0 unspecified atom stereocenters. The van der Waals surface area contributed by atoms with Crippen LogP contribution in [0.5, 0.6) is 0 Å². The Morgan fingerprint density at radius 1 is 1.12 bits per heavy atom. The van der Waals surface area contributed by atoms with Gasteiger partial charge in [-0.2, -0.15) is 0 Å². The largest absolute Gasteiger partial charge is 0.322 e. The van der Waals surface area contributed by atoms with E-state index in [9.17, 15) is 13.2 Å². The van der Waals surface area contributed by atoms with Crippen molar-refractivity contribution in [2.45, 2.75) is 31.2 Å². The predicted octanol–water partition coefficient (Wildman–Crippen LogP) is 4.43. The molecule has 0 fully saturated rings. The highest BCUT2D eigenvalue weighted by Crippen LogP contribution is 2.25. The molecule has 2 aromatic rings. The van der Waals surface area contributed by atoms with Crippen LogP contribution >= 0.6 is 27.5 Å². The van der Waals surface area contributed by atoms with Crippen molar-refractivity contribution in [2.75, 3.05) is 5.32 Å². The van der Waals surface area contributed by atoms with Gasteiger partial charge in [0.15, 0.2) is 0 Å². The molecule has 2 rings (SSSR count). The Morgan fingerprint density at radius 2 is 1.80 bits per heavy atom. The number of rotatable bonds is 4. The molecule has 0 aliphatic carbocycles. The van der Waals surface area contributed by atoms with Gasteiger partial charge in [0.2, 0.25) is 10.0 Å². The van der Waals surface area contributed by atoms with Crippen molar-refractivity contribution in [1.82, 2.24) is 4.72 Å². The standard InChI is InChI=1S/C17H18BrClN2O3S/c1-17(2,3)21-25(23,24)15-9-11(7-8-14(15)19)16(22)20-13-6-4-5-12(18)10-13/h4-10,21H,1-3H3,(H,20,22). The van der Waals surface area contributed by atoms with Crippen LogP contribution in [0, 0.1) is 0 Å². The van der Waals surface area contributed by atoms with Crippen LogP contribution in [0.4, 0.5) is 5.69 Å². The summed E-state index contributed by atoms with van der Waals surface area (Å²) in [6.45, 7) is 5.17. The van der Waals surface area contributed by atoms with Gasteiger partial charge in [0.25, 0.3) is 5.91 Å². The highest BCUT2D eigenvalue weighted by molar-refractivity contribution is 9.10. The number of anilines is 1. The smallest absolute Gasteiger partial charge is 0.255 e. The van der Waals surface area contributed by atoms with Crippen molar-refractivity contribution in [3.63, 3.8) is 0 Å². The van der Waals surface area contributed by atoms with Crippen LogP contribution < -0.4 is 10.0 Å². The Hall–Kier alpha value is -1.41. The minimum Gasteiger partial charge on any atom is -0.322 e. The SMILES string of the molecule is CC(C)(C)NS(=O)(=O)c1cc(C(=O)Nc2cccc(Br)c2)ccc1Cl. The third-order valence-electron chi connectivity index (χ3n) is 3.01. The lowest BCUT2D eigenvalue weighted by atomic mass is 10.1. The third kappa shape index (κ3) is 5.54. The minimum absolute atomic E-state index is 0.0516. The van der Waals surface area contributed by atoms with Crippen LogP contribution in [0.15, 0.2) is 51.8 Å². The zero-order valence-corrected chi connectivity index (χ0v) is 17.1. The fourth-order valence-electron chi connectivity index (χ4n) is 2.08. The maximum Gasteiger partial charge on any atom is 0.255 e. The number of amides is 1. The summed E-state index contributed by atoms with van der Waals surface area (Å²) in [5.74, 6) is -0.429. The van der Waals surface area contributed by atoms with Crippen molar-refractivity contribution in [3.05, 3.63) is 57.5 Å². The summed E-state index contributed by atoms with van der Waals surface area (Å²) in [5.41, 5.74) is 0.113. The van der Waals surface area contributed by atoms with Gasteiger partial charge in [-0.25, -0.2) is 13.1 Å². The van der Waals surface area contributed by atoms with Gasteiger partial charge in [-0.1, -0.05) is 33.6 Å². The fraction of sp³-hybridized carbons (Fsp3) is 0.235. The third-order valence-corrected chi connectivity index (χ3v) is 5.74. The fourth-order valence-corrected chi connectivity index (χ4v) is 4.42. The second-order valence-electron chi connectivity index (χ2n) is 6.47. The number of carbonyl (C=O) groups is 1. The van der Waals surface area contributed by atoms with Crippen molar-refractivity contribution in [2.24, 2.45) is 0 Å². The van der Waals surface area contributed by atoms with Crippen LogP contribution in [0.3, 0.4) is 0 Å². The van der Waals surface area contributed by atoms with Gasteiger partial charge in [-0.15, -0.1) is 0 Å². The van der Waals surface area contributed by atoms with E-state index in [2.05, 4.69) is 26.0 Å². The topological polar surface area (TPSA) is 75.3 Å². The highest BCUT2D eigenvalue weighted by Gasteiger charge is 2.25. The van der Waals surface area contributed by atoms with Crippen LogP contribution in [0.2, 0.25) is 5.02 Å². The first kappa shape index (κ1) is 19.9. The molecule has 0 aliphatic heterocycles. The number of hydrogen-bond acceptors (Lipinski definition) is 3. The summed E-state index contributed by atoms with van der Waals surface area (Å²) in [5, 5.41) is 2.77. The normalized spacial score (nSPS) is 12.0. The van der Waals surface area contributed by atoms with E-state index in [-0.39, 0.29) is 15.5 Å². The zero-order valence-electron chi connectivity index (χ0n) is 13.9. The van der Waals surface area contributed by atoms with Crippen LogP contribution in [-0.4, -0.2) is 19.9 Å². The molecule has 0 bridgehead atoms. The van der Waals surface area contributed by atoms with Gasteiger partial charge in [0.1, 0.15) is 4.90 Å². The van der Waals surface area contributed by atoms with Crippen LogP contribution in [0.1, 0.15) is 31.1 Å². The Bertz CT molecular complexity index is 908. The number of carbonyl (C=O) groups excluding carboxylic acids is 1. The molecule has 2 aromatic carbocycles. The number of nitrogens with one attached hydrogen (secondary N) is 2. The number of benzene rings is 2. The van der Waals surface area contributed by atoms with Gasteiger partial charge in [-0.05, 0) is 57.2 Å². The summed E-state index contributed by atoms with van der Waals surface area (Å²) < 4.78 is 28.4. The summed E-state index contributed by atoms with van der Waals surface area (Å²) in [6.07, 6.45) is 0. The van der Waals surface area contributed by atoms with E-state index >= 15 is 0 Å². The first-order valence-electron chi connectivity index (χ1n) is 7.38. The molecule has 0 aromatic heterocycles. The molecule has 0 heterocycles. The molecule has 0 atom stereocenters. The van der Waals surface area contributed by atoms with Gasteiger partial charge in [-0.3, -0.25) is 4.79 Å². The highest BCUT2D eigenvalue weighted by atomic mass is 79.9. The van der Waals surface area contributed by atoms with E-state index in [0.717, 1.165) is 4.47 Å². The first-order valence-corrected chi connectivity index (χ1v) is 10.0. The molecule has 0 saturated heterocycles. The van der Waals surface area contributed by atoms with E-state index in [4.69, 9.17) is 11.6 Å². The van der Waals surface area contributed by atoms with Gasteiger partial charge < -0.3 is 5.32 Å². The van der Waals surface area contributed by atoms with E-state index in [1.807, 2.05) is 6.07 Å². The van der Waals surface area contributed by atoms with Crippen molar-refractivity contribution < 1.29 is 13.2 Å². The van der Waals surface area contributed by atoms with Crippen LogP contribution in [-0.2, 0) is 10.0 Å². The maximum atomic E-state index is 12.5. The first-order chi connectivity index (χ1) is 11.5. The molecule has 0 spiro atoms. The molecule has 0 radical (unpaired) electrons. The molecular weight excluding hydrogens is 428 g/mol. The lowest BCUT2D eigenvalue weighted by Crippen LogP contribution is -2.40. The molecule has 1 amide bonds. The zero-order chi connectivity index (χ0) is 18.8. The average molecular weight is 446 g/mol. The molecular formula is C17H18BrClN2O3S. The second-order valence-corrected chi connectivity index (χ2v) is 9.44. The van der Waals surface area contributed by atoms with E-state index in [1.165, 1.54) is 18.2 Å². The summed E-state index contributed by atoms with van der Waals surface area (Å²) in [7, 11) is -3.85. The number of halogens is 2. The quantitative estimate of drug-likeness (QED) is 0.731. The lowest BCUT2D eigenvalue weighted by Gasteiger charge is -2.21. The summed E-state index contributed by atoms with van der Waals surface area (Å²) >= 11 is 9.37. The molecule has 25 heavy (non-hydrogen) atoms. The van der Waals surface area contributed by atoms with Crippen molar-refractivity contribution in [3.8, 4) is 0 Å². The van der Waals surface area contributed by atoms with Crippen molar-refractivity contribution >= 4 is 49.1 Å². The number of sulfonamides is 1. The van der Waals surface area contributed by atoms with E-state index in [0.29, 0.717) is 5.69 Å². The molecule has 8 heteroatoms. The Balaban J connectivity index is 2.33. The second kappa shape index (κ2) is 7.45. The number of hydrogen-bond donors (Lipinski definition) is 2. The van der Waals surface area contributed by atoms with Gasteiger partial charge in [0.05, 0.1) is 5.02 Å². The van der Waals surface area contributed by atoms with E-state index < -0.39 is 21.5 Å². The van der Waals surface area contributed by atoms with Crippen molar-refractivity contribution in [1.29, 1.82) is 0 Å².